The zero-order valence-electron chi connectivity index (χ0n) is 16.7. The van der Waals surface area contributed by atoms with Gasteiger partial charge in [0.2, 0.25) is 0 Å². The molecule has 0 aliphatic carbocycles. The molecule has 2 amide bonds. The van der Waals surface area contributed by atoms with Crippen LogP contribution >= 0.6 is 22.6 Å². The molecule has 0 radical (unpaired) electrons. The van der Waals surface area contributed by atoms with Crippen LogP contribution in [0.2, 0.25) is 0 Å². The lowest BCUT2D eigenvalue weighted by Crippen LogP contribution is -2.38. The maximum absolute atomic E-state index is 11.9. The minimum Gasteiger partial charge on any atom is -0.504 e. The van der Waals surface area contributed by atoms with Crippen LogP contribution in [0.4, 0.5) is 0 Å². The van der Waals surface area contributed by atoms with Crippen LogP contribution in [0.15, 0.2) is 35.4 Å². The number of ether oxygens (including phenoxy) is 3. The second kappa shape index (κ2) is 11.2. The van der Waals surface area contributed by atoms with Crippen molar-refractivity contribution in [2.45, 2.75) is 6.42 Å². The van der Waals surface area contributed by atoms with E-state index in [0.717, 1.165) is 5.56 Å². The summed E-state index contributed by atoms with van der Waals surface area (Å²) < 4.78 is 16.0. The molecule has 0 aromatic heterocycles. The first kappa shape index (κ1) is 23.3. The molecule has 30 heavy (non-hydrogen) atoms. The highest BCUT2D eigenvalue weighted by atomic mass is 127. The summed E-state index contributed by atoms with van der Waals surface area (Å²) in [7, 11) is 4.53. The number of rotatable bonds is 8. The Balaban J connectivity index is 1.85. The van der Waals surface area contributed by atoms with Gasteiger partial charge in [-0.1, -0.05) is 6.07 Å². The Morgan fingerprint density at radius 2 is 1.73 bits per heavy atom. The van der Waals surface area contributed by atoms with E-state index in [9.17, 15) is 14.7 Å². The van der Waals surface area contributed by atoms with Crippen molar-refractivity contribution in [1.82, 2.24) is 10.7 Å². The normalized spacial score (nSPS) is 10.5. The molecule has 0 unspecified atom stereocenters. The molecular formula is C20H22IN3O6. The van der Waals surface area contributed by atoms with Crippen LogP contribution in [-0.2, 0) is 16.0 Å². The molecule has 10 heteroatoms. The smallest absolute Gasteiger partial charge is 0.329 e. The van der Waals surface area contributed by atoms with Gasteiger partial charge in [0.25, 0.3) is 0 Å². The summed E-state index contributed by atoms with van der Waals surface area (Å²) in [4.78, 5) is 23.8. The Labute approximate surface area is 187 Å². The quantitative estimate of drug-likeness (QED) is 0.209. The molecule has 9 nitrogen and oxygen atoms in total. The standard InChI is InChI=1S/C20H22IN3O6/c1-28-15-5-4-12(9-16(15)29-2)6-7-22-19(26)20(27)24-23-11-13-8-14(21)18(25)17(10-13)30-3/h4-5,8-11,25H,6-7H2,1-3H3,(H,22,26)(H,24,27)/b23-11-. The van der Waals surface area contributed by atoms with Crippen molar-refractivity contribution in [2.75, 3.05) is 27.9 Å². The Morgan fingerprint density at radius 3 is 2.40 bits per heavy atom. The van der Waals surface area contributed by atoms with Gasteiger partial charge < -0.3 is 24.6 Å². The number of carbonyl (C=O) groups excluding carboxylic acids is 2. The van der Waals surface area contributed by atoms with Gasteiger partial charge >= 0.3 is 11.8 Å². The second-order valence-corrected chi connectivity index (χ2v) is 7.11. The number of hydrogen-bond donors (Lipinski definition) is 3. The fraction of sp³-hybridized carbons (Fsp3) is 0.250. The lowest BCUT2D eigenvalue weighted by molar-refractivity contribution is -0.139. The summed E-state index contributed by atoms with van der Waals surface area (Å²) in [6, 6.07) is 8.64. The van der Waals surface area contributed by atoms with Gasteiger partial charge in [-0.05, 0) is 64.4 Å². The van der Waals surface area contributed by atoms with E-state index >= 15 is 0 Å². The Hall–Kier alpha value is -3.02. The summed E-state index contributed by atoms with van der Waals surface area (Å²) in [5.74, 6) is -0.183. The van der Waals surface area contributed by atoms with E-state index in [1.165, 1.54) is 13.3 Å². The number of amides is 2. The van der Waals surface area contributed by atoms with Crippen LogP contribution < -0.4 is 25.0 Å². The van der Waals surface area contributed by atoms with Crippen molar-refractivity contribution in [3.8, 4) is 23.0 Å². The number of nitrogens with zero attached hydrogens (tertiary/aromatic N) is 1. The Bertz CT molecular complexity index is 948. The predicted molar refractivity (Wildman–Crippen MR) is 119 cm³/mol. The van der Waals surface area contributed by atoms with Crippen molar-refractivity contribution in [2.24, 2.45) is 5.10 Å². The van der Waals surface area contributed by atoms with Gasteiger partial charge in [0.15, 0.2) is 23.0 Å². The van der Waals surface area contributed by atoms with E-state index < -0.39 is 11.8 Å². The van der Waals surface area contributed by atoms with Crippen molar-refractivity contribution in [1.29, 1.82) is 0 Å². The number of nitrogens with one attached hydrogen (secondary N) is 2. The summed E-state index contributed by atoms with van der Waals surface area (Å²) in [5, 5.41) is 16.1. The van der Waals surface area contributed by atoms with E-state index in [2.05, 4.69) is 15.8 Å². The lowest BCUT2D eigenvalue weighted by atomic mass is 10.1. The van der Waals surface area contributed by atoms with Gasteiger partial charge in [-0.15, -0.1) is 0 Å². The average Bonchev–Trinajstić information content (AvgIpc) is 2.75. The minimum absolute atomic E-state index is 0.0214. The van der Waals surface area contributed by atoms with Crippen molar-refractivity contribution in [3.05, 3.63) is 45.0 Å². The molecule has 0 fully saturated rings. The van der Waals surface area contributed by atoms with Gasteiger partial charge in [-0.3, -0.25) is 9.59 Å². The third-order valence-corrected chi connectivity index (χ3v) is 4.83. The summed E-state index contributed by atoms with van der Waals surface area (Å²) in [6.07, 6.45) is 1.85. The number of phenolic OH excluding ortho intramolecular Hbond substituents is 1. The van der Waals surface area contributed by atoms with E-state index in [0.29, 0.717) is 27.1 Å². The highest BCUT2D eigenvalue weighted by Crippen LogP contribution is 2.31. The number of methoxy groups -OCH3 is 3. The number of phenols is 1. The minimum atomic E-state index is -0.890. The van der Waals surface area contributed by atoms with Crippen molar-refractivity contribution >= 4 is 40.6 Å². The molecule has 0 bridgehead atoms. The molecule has 0 aliphatic heterocycles. The molecule has 0 saturated carbocycles. The number of benzene rings is 2. The number of hydrogen-bond acceptors (Lipinski definition) is 7. The fourth-order valence-corrected chi connectivity index (χ4v) is 3.10. The van der Waals surface area contributed by atoms with Crippen LogP contribution in [0.25, 0.3) is 0 Å². The molecule has 2 aromatic carbocycles. The molecule has 0 aliphatic rings. The van der Waals surface area contributed by atoms with Gasteiger partial charge in [-0.25, -0.2) is 5.43 Å². The van der Waals surface area contributed by atoms with Gasteiger partial charge in [0, 0.05) is 6.54 Å². The molecule has 160 valence electrons. The van der Waals surface area contributed by atoms with Crippen molar-refractivity contribution in [3.63, 3.8) is 0 Å². The molecule has 0 spiro atoms. The molecule has 2 rings (SSSR count). The average molecular weight is 527 g/mol. The maximum Gasteiger partial charge on any atom is 0.329 e. The number of carbonyl (C=O) groups is 2. The SMILES string of the molecule is COc1ccc(CCNC(=O)C(=O)N/N=C\c2cc(I)c(O)c(OC)c2)cc1OC. The molecule has 0 heterocycles. The third-order valence-electron chi connectivity index (χ3n) is 4.00. The van der Waals surface area contributed by atoms with Crippen LogP contribution in [0.3, 0.4) is 0 Å². The molecule has 2 aromatic rings. The third kappa shape index (κ3) is 6.24. The lowest BCUT2D eigenvalue weighted by Gasteiger charge is -2.10. The van der Waals surface area contributed by atoms with Crippen molar-refractivity contribution < 1.29 is 28.9 Å². The monoisotopic (exact) mass is 527 g/mol. The second-order valence-electron chi connectivity index (χ2n) is 5.95. The fourth-order valence-electron chi connectivity index (χ4n) is 2.48. The van der Waals surface area contributed by atoms with E-state index in [1.807, 2.05) is 34.7 Å². The number of halogens is 1. The highest BCUT2D eigenvalue weighted by molar-refractivity contribution is 14.1. The van der Waals surface area contributed by atoms with Crippen LogP contribution in [0, 0.1) is 3.57 Å². The Kier molecular flexibility index (Phi) is 8.71. The summed E-state index contributed by atoms with van der Waals surface area (Å²) in [5.41, 5.74) is 3.67. The van der Waals surface area contributed by atoms with Gasteiger partial charge in [-0.2, -0.15) is 5.10 Å². The zero-order chi connectivity index (χ0) is 22.1. The van der Waals surface area contributed by atoms with Gasteiger partial charge in [0.05, 0.1) is 31.1 Å². The van der Waals surface area contributed by atoms with E-state index in [4.69, 9.17) is 14.2 Å². The molecule has 0 atom stereocenters. The zero-order valence-corrected chi connectivity index (χ0v) is 18.8. The molecular weight excluding hydrogens is 505 g/mol. The first-order valence-corrected chi connectivity index (χ1v) is 9.86. The largest absolute Gasteiger partial charge is 0.504 e. The molecule has 3 N–H and O–H groups in total. The van der Waals surface area contributed by atoms with E-state index in [1.54, 1.807) is 32.4 Å². The predicted octanol–water partition coefficient (Wildman–Crippen LogP) is 1.83. The first-order chi connectivity index (χ1) is 14.4. The van der Waals surface area contributed by atoms with Crippen LogP contribution in [0.5, 0.6) is 23.0 Å². The number of hydrazone groups is 1. The van der Waals surface area contributed by atoms with Crippen LogP contribution in [-0.4, -0.2) is 51.0 Å². The first-order valence-electron chi connectivity index (χ1n) is 8.78. The Morgan fingerprint density at radius 1 is 1.03 bits per heavy atom. The van der Waals surface area contributed by atoms with E-state index in [-0.39, 0.29) is 18.0 Å². The number of aromatic hydroxyl groups is 1. The molecule has 0 saturated heterocycles. The summed E-state index contributed by atoms with van der Waals surface area (Å²) >= 11 is 1.94. The maximum atomic E-state index is 11.9. The highest BCUT2D eigenvalue weighted by Gasteiger charge is 2.12. The van der Waals surface area contributed by atoms with Crippen LogP contribution in [0.1, 0.15) is 11.1 Å². The van der Waals surface area contributed by atoms with Gasteiger partial charge in [0.1, 0.15) is 0 Å². The topological polar surface area (TPSA) is 118 Å². The summed E-state index contributed by atoms with van der Waals surface area (Å²) in [6.45, 7) is 0.263.